The summed E-state index contributed by atoms with van der Waals surface area (Å²) in [6.07, 6.45) is 3.60. The topological polar surface area (TPSA) is 46.5 Å². The summed E-state index contributed by atoms with van der Waals surface area (Å²) in [5.74, 6) is -1.10. The molecule has 1 aliphatic heterocycles. The first-order chi connectivity index (χ1) is 4.30. The van der Waals surface area contributed by atoms with Crippen molar-refractivity contribution in [2.75, 3.05) is 6.61 Å². The molecule has 1 N–H and O–H groups in total. The van der Waals surface area contributed by atoms with E-state index in [0.717, 1.165) is 0 Å². The fraction of sp³-hybridized carbons (Fsp3) is 0.500. The number of hydrogen-bond donors (Lipinski definition) is 1. The maximum atomic E-state index is 10.2. The van der Waals surface area contributed by atoms with Gasteiger partial charge in [-0.1, -0.05) is 0 Å². The van der Waals surface area contributed by atoms with Gasteiger partial charge in [-0.2, -0.15) is 0 Å². The monoisotopic (exact) mass is 128 g/mol. The first-order valence-electron chi connectivity index (χ1n) is 2.82. The van der Waals surface area contributed by atoms with Crippen molar-refractivity contribution < 1.29 is 14.6 Å². The molecule has 1 rings (SSSR count). The molecule has 3 heteroatoms. The van der Waals surface area contributed by atoms with Crippen LogP contribution in [0, 0.1) is 5.92 Å². The van der Waals surface area contributed by atoms with Crippen LogP contribution in [0.1, 0.15) is 6.42 Å². The highest BCUT2D eigenvalue weighted by atomic mass is 16.5. The lowest BCUT2D eigenvalue weighted by Crippen LogP contribution is -2.15. The molecule has 1 aliphatic rings. The largest absolute Gasteiger partial charge is 0.501 e. The zero-order chi connectivity index (χ0) is 6.69. The summed E-state index contributed by atoms with van der Waals surface area (Å²) in [4.78, 5) is 10.2. The number of ether oxygens (including phenoxy) is 1. The first kappa shape index (κ1) is 6.13. The van der Waals surface area contributed by atoms with Crippen molar-refractivity contribution in [3.05, 3.63) is 12.3 Å². The van der Waals surface area contributed by atoms with E-state index in [0.29, 0.717) is 13.0 Å². The normalized spacial score (nSPS) is 25.1. The van der Waals surface area contributed by atoms with Crippen LogP contribution in [0.4, 0.5) is 0 Å². The summed E-state index contributed by atoms with van der Waals surface area (Å²) in [6.45, 7) is 0.521. The van der Waals surface area contributed by atoms with Gasteiger partial charge in [-0.15, -0.1) is 0 Å². The molecule has 50 valence electrons. The molecule has 1 atom stereocenters. The summed E-state index contributed by atoms with van der Waals surface area (Å²) >= 11 is 0. The summed E-state index contributed by atoms with van der Waals surface area (Å²) in [5.41, 5.74) is 0. The Balaban J connectivity index is 2.50. The van der Waals surface area contributed by atoms with Gasteiger partial charge in [-0.05, 0) is 12.5 Å². The van der Waals surface area contributed by atoms with Crippen LogP contribution in [0.2, 0.25) is 0 Å². The SMILES string of the molecule is O=C(O)C1C=COCC1. The third-order valence-electron chi connectivity index (χ3n) is 1.27. The van der Waals surface area contributed by atoms with E-state index in [2.05, 4.69) is 0 Å². The number of aliphatic carboxylic acids is 1. The van der Waals surface area contributed by atoms with E-state index in [1.165, 1.54) is 6.26 Å². The van der Waals surface area contributed by atoms with Crippen LogP contribution in [0.3, 0.4) is 0 Å². The second-order valence-electron chi connectivity index (χ2n) is 1.93. The average molecular weight is 128 g/mol. The minimum atomic E-state index is -0.769. The zero-order valence-electron chi connectivity index (χ0n) is 4.91. The number of carbonyl (C=O) groups is 1. The van der Waals surface area contributed by atoms with Gasteiger partial charge in [0.25, 0.3) is 0 Å². The molecule has 0 spiro atoms. The molecular weight excluding hydrogens is 120 g/mol. The zero-order valence-corrected chi connectivity index (χ0v) is 4.91. The Bertz CT molecular complexity index is 139. The Morgan fingerprint density at radius 2 is 2.56 bits per heavy atom. The fourth-order valence-corrected chi connectivity index (χ4v) is 0.715. The highest BCUT2D eigenvalue weighted by Crippen LogP contribution is 2.10. The molecule has 0 fully saturated rings. The third-order valence-corrected chi connectivity index (χ3v) is 1.27. The van der Waals surface area contributed by atoms with Gasteiger partial charge in [0.2, 0.25) is 0 Å². The minimum Gasteiger partial charge on any atom is -0.501 e. The van der Waals surface area contributed by atoms with Crippen LogP contribution in [-0.2, 0) is 9.53 Å². The quantitative estimate of drug-likeness (QED) is 0.563. The Kier molecular flexibility index (Phi) is 1.72. The van der Waals surface area contributed by atoms with Gasteiger partial charge in [0.05, 0.1) is 18.8 Å². The highest BCUT2D eigenvalue weighted by molar-refractivity contribution is 5.72. The van der Waals surface area contributed by atoms with Crippen molar-refractivity contribution in [2.24, 2.45) is 5.92 Å². The van der Waals surface area contributed by atoms with E-state index >= 15 is 0 Å². The van der Waals surface area contributed by atoms with Crippen LogP contribution < -0.4 is 0 Å². The number of rotatable bonds is 1. The second-order valence-corrected chi connectivity index (χ2v) is 1.93. The lowest BCUT2D eigenvalue weighted by molar-refractivity contribution is -0.140. The summed E-state index contributed by atoms with van der Waals surface area (Å²) < 4.78 is 4.81. The maximum absolute atomic E-state index is 10.2. The lowest BCUT2D eigenvalue weighted by Gasteiger charge is -2.11. The molecule has 9 heavy (non-hydrogen) atoms. The Morgan fingerprint density at radius 3 is 2.89 bits per heavy atom. The van der Waals surface area contributed by atoms with E-state index in [1.807, 2.05) is 0 Å². The van der Waals surface area contributed by atoms with Crippen molar-refractivity contribution in [3.63, 3.8) is 0 Å². The molecule has 0 amide bonds. The molecule has 0 saturated heterocycles. The van der Waals surface area contributed by atoms with Crippen molar-refractivity contribution in [2.45, 2.75) is 6.42 Å². The van der Waals surface area contributed by atoms with E-state index in [4.69, 9.17) is 9.84 Å². The van der Waals surface area contributed by atoms with E-state index in [-0.39, 0.29) is 5.92 Å². The highest BCUT2D eigenvalue weighted by Gasteiger charge is 2.15. The first-order valence-corrected chi connectivity index (χ1v) is 2.82. The molecule has 1 unspecified atom stereocenters. The summed E-state index contributed by atoms with van der Waals surface area (Å²) in [6, 6.07) is 0. The lowest BCUT2D eigenvalue weighted by atomic mass is 10.1. The fourth-order valence-electron chi connectivity index (χ4n) is 0.715. The number of carboxylic acid groups (broad SMARTS) is 1. The molecule has 0 bridgehead atoms. The van der Waals surface area contributed by atoms with Crippen LogP contribution >= 0.6 is 0 Å². The van der Waals surface area contributed by atoms with Crippen molar-refractivity contribution >= 4 is 5.97 Å². The van der Waals surface area contributed by atoms with Gasteiger partial charge < -0.3 is 9.84 Å². The predicted octanol–water partition coefficient (Wildman–Crippen LogP) is 0.621. The maximum Gasteiger partial charge on any atom is 0.310 e. The van der Waals surface area contributed by atoms with Crippen LogP contribution in [0.15, 0.2) is 12.3 Å². The third kappa shape index (κ3) is 1.45. The number of hydrogen-bond acceptors (Lipinski definition) is 2. The molecule has 0 aliphatic carbocycles. The van der Waals surface area contributed by atoms with E-state index < -0.39 is 5.97 Å². The smallest absolute Gasteiger partial charge is 0.310 e. The second kappa shape index (κ2) is 2.53. The molecular formula is C6H8O3. The summed E-state index contributed by atoms with van der Waals surface area (Å²) in [7, 11) is 0. The van der Waals surface area contributed by atoms with Gasteiger partial charge in [0, 0.05) is 0 Å². The van der Waals surface area contributed by atoms with E-state index in [1.54, 1.807) is 6.08 Å². The Hall–Kier alpha value is -0.990. The van der Waals surface area contributed by atoms with Gasteiger partial charge in [0.15, 0.2) is 0 Å². The molecule has 3 nitrogen and oxygen atoms in total. The predicted molar refractivity (Wildman–Crippen MR) is 30.8 cm³/mol. The Labute approximate surface area is 52.9 Å². The molecule has 0 aromatic rings. The molecule has 0 saturated carbocycles. The van der Waals surface area contributed by atoms with Gasteiger partial charge in [-0.25, -0.2) is 0 Å². The Morgan fingerprint density at radius 1 is 1.78 bits per heavy atom. The molecule has 1 heterocycles. The minimum absolute atomic E-state index is 0.334. The van der Waals surface area contributed by atoms with Crippen LogP contribution in [0.5, 0.6) is 0 Å². The van der Waals surface area contributed by atoms with Gasteiger partial charge >= 0.3 is 5.97 Å². The van der Waals surface area contributed by atoms with Crippen LogP contribution in [-0.4, -0.2) is 17.7 Å². The molecule has 0 aromatic carbocycles. The standard InChI is InChI=1S/C6H8O3/c7-6(8)5-1-3-9-4-2-5/h1,3,5H,2,4H2,(H,7,8). The number of carboxylic acids is 1. The van der Waals surface area contributed by atoms with Gasteiger partial charge in [0.1, 0.15) is 0 Å². The van der Waals surface area contributed by atoms with Crippen molar-refractivity contribution in [1.82, 2.24) is 0 Å². The van der Waals surface area contributed by atoms with Gasteiger partial charge in [-0.3, -0.25) is 4.79 Å². The molecule has 0 radical (unpaired) electrons. The van der Waals surface area contributed by atoms with Crippen molar-refractivity contribution in [1.29, 1.82) is 0 Å². The van der Waals surface area contributed by atoms with Crippen molar-refractivity contribution in [3.8, 4) is 0 Å². The summed E-state index contributed by atoms with van der Waals surface area (Å²) in [5, 5.41) is 8.43. The average Bonchev–Trinajstić information content (AvgIpc) is 1.90. The molecule has 0 aromatic heterocycles. The van der Waals surface area contributed by atoms with Crippen LogP contribution in [0.25, 0.3) is 0 Å². The van der Waals surface area contributed by atoms with E-state index in [9.17, 15) is 4.79 Å².